The van der Waals surface area contributed by atoms with E-state index in [0.717, 1.165) is 57.9 Å². The highest BCUT2D eigenvalue weighted by molar-refractivity contribution is 5.89. The number of hydrogen-bond acceptors (Lipinski definition) is 7. The van der Waals surface area contributed by atoms with Crippen LogP contribution in [0.5, 0.6) is 0 Å². The third-order valence-corrected chi connectivity index (χ3v) is 8.80. The molecule has 2 saturated carbocycles. The van der Waals surface area contributed by atoms with Gasteiger partial charge in [-0.15, -0.1) is 0 Å². The SMILES string of the molecule is CC(C)(N)C(=O)N1CCN(C(=O)Nc2ccn(C3CCC(CN(CCF)C4CCC(N)CC4)CC3)c(=O)n2)CC1. The number of halogens is 1. The molecule has 1 aliphatic heterocycles. The zero-order valence-electron chi connectivity index (χ0n) is 24.1. The zero-order valence-corrected chi connectivity index (χ0v) is 24.1. The second-order valence-electron chi connectivity index (χ2n) is 12.4. The lowest BCUT2D eigenvalue weighted by atomic mass is 9.84. The fourth-order valence-corrected chi connectivity index (χ4v) is 6.40. The summed E-state index contributed by atoms with van der Waals surface area (Å²) in [5.74, 6) is 0.571. The molecule has 1 aromatic rings. The molecule has 2 aliphatic carbocycles. The summed E-state index contributed by atoms with van der Waals surface area (Å²) in [4.78, 5) is 47.7. The quantitative estimate of drug-likeness (QED) is 0.439. The van der Waals surface area contributed by atoms with Crippen molar-refractivity contribution in [1.82, 2.24) is 24.3 Å². The van der Waals surface area contributed by atoms with Crippen LogP contribution in [-0.2, 0) is 4.79 Å². The molecule has 11 nitrogen and oxygen atoms in total. The molecule has 12 heteroatoms. The molecule has 3 fully saturated rings. The summed E-state index contributed by atoms with van der Waals surface area (Å²) in [6.45, 7) is 5.98. The van der Waals surface area contributed by atoms with Crippen LogP contribution in [0.4, 0.5) is 15.0 Å². The number of rotatable bonds is 8. The highest BCUT2D eigenvalue weighted by atomic mass is 19.1. The van der Waals surface area contributed by atoms with Crippen molar-refractivity contribution in [3.05, 3.63) is 22.7 Å². The molecule has 2 heterocycles. The number of anilines is 1. The van der Waals surface area contributed by atoms with E-state index >= 15 is 0 Å². The normalized spacial score (nSPS) is 26.1. The van der Waals surface area contributed by atoms with Gasteiger partial charge in [-0.25, -0.2) is 14.0 Å². The van der Waals surface area contributed by atoms with Gasteiger partial charge in [-0.1, -0.05) is 0 Å². The van der Waals surface area contributed by atoms with Crippen LogP contribution in [0.1, 0.15) is 71.3 Å². The van der Waals surface area contributed by atoms with Gasteiger partial charge in [0.25, 0.3) is 0 Å². The van der Waals surface area contributed by atoms with Gasteiger partial charge in [0.2, 0.25) is 5.91 Å². The number of aromatic nitrogens is 2. The average molecular weight is 563 g/mol. The van der Waals surface area contributed by atoms with Crippen molar-refractivity contribution in [2.24, 2.45) is 17.4 Å². The van der Waals surface area contributed by atoms with Gasteiger partial charge in [0.1, 0.15) is 12.5 Å². The second-order valence-corrected chi connectivity index (χ2v) is 12.4. The van der Waals surface area contributed by atoms with E-state index in [1.54, 1.807) is 40.5 Å². The largest absolute Gasteiger partial charge is 0.349 e. The molecule has 4 rings (SSSR count). The van der Waals surface area contributed by atoms with Crippen LogP contribution in [0.2, 0.25) is 0 Å². The van der Waals surface area contributed by atoms with Crippen molar-refractivity contribution in [3.63, 3.8) is 0 Å². The predicted molar refractivity (Wildman–Crippen MR) is 153 cm³/mol. The number of nitrogens with one attached hydrogen (secondary N) is 1. The van der Waals surface area contributed by atoms with Gasteiger partial charge in [0.05, 0.1) is 5.54 Å². The van der Waals surface area contributed by atoms with Crippen molar-refractivity contribution >= 4 is 17.8 Å². The molecule has 3 aliphatic rings. The minimum Gasteiger partial charge on any atom is -0.338 e. The Morgan fingerprint density at radius 2 is 1.68 bits per heavy atom. The predicted octanol–water partition coefficient (Wildman–Crippen LogP) is 1.93. The lowest BCUT2D eigenvalue weighted by molar-refractivity contribution is -0.137. The van der Waals surface area contributed by atoms with Crippen LogP contribution in [0.15, 0.2) is 17.1 Å². The van der Waals surface area contributed by atoms with E-state index in [2.05, 4.69) is 15.2 Å². The van der Waals surface area contributed by atoms with Crippen molar-refractivity contribution < 1.29 is 14.0 Å². The highest BCUT2D eigenvalue weighted by Gasteiger charge is 2.32. The summed E-state index contributed by atoms with van der Waals surface area (Å²) in [6.07, 6.45) is 9.55. The first-order chi connectivity index (χ1) is 19.0. The Kier molecular flexibility index (Phi) is 10.2. The molecular weight excluding hydrogens is 515 g/mol. The monoisotopic (exact) mass is 562 g/mol. The molecule has 0 radical (unpaired) electrons. The number of amides is 3. The number of nitrogens with two attached hydrogens (primary N) is 2. The Labute approximate surface area is 236 Å². The topological polar surface area (TPSA) is 143 Å². The first-order valence-corrected chi connectivity index (χ1v) is 14.8. The molecule has 0 unspecified atom stereocenters. The van der Waals surface area contributed by atoms with Gasteiger partial charge in [-0.3, -0.25) is 19.6 Å². The maximum absolute atomic E-state index is 13.3. The molecule has 0 bridgehead atoms. The first kappa shape index (κ1) is 30.4. The maximum Gasteiger partial charge on any atom is 0.349 e. The van der Waals surface area contributed by atoms with Crippen molar-refractivity contribution in [1.29, 1.82) is 0 Å². The van der Waals surface area contributed by atoms with Gasteiger partial charge in [0.15, 0.2) is 0 Å². The van der Waals surface area contributed by atoms with E-state index in [1.165, 1.54) is 0 Å². The van der Waals surface area contributed by atoms with Crippen LogP contribution >= 0.6 is 0 Å². The minimum absolute atomic E-state index is 0.0701. The van der Waals surface area contributed by atoms with Gasteiger partial charge in [-0.05, 0) is 77.2 Å². The van der Waals surface area contributed by atoms with Crippen molar-refractivity contribution in [3.8, 4) is 0 Å². The van der Waals surface area contributed by atoms with Crippen LogP contribution in [0.3, 0.4) is 0 Å². The van der Waals surface area contributed by atoms with Crippen LogP contribution in [0, 0.1) is 5.92 Å². The van der Waals surface area contributed by atoms with E-state index in [1.807, 2.05) is 0 Å². The summed E-state index contributed by atoms with van der Waals surface area (Å²) >= 11 is 0. The molecule has 0 aromatic carbocycles. The third-order valence-electron chi connectivity index (χ3n) is 8.80. The Morgan fingerprint density at radius 1 is 1.05 bits per heavy atom. The van der Waals surface area contributed by atoms with E-state index < -0.39 is 5.54 Å². The number of alkyl halides is 1. The Balaban J connectivity index is 1.25. The van der Waals surface area contributed by atoms with Crippen LogP contribution in [0.25, 0.3) is 0 Å². The van der Waals surface area contributed by atoms with Crippen molar-refractivity contribution in [2.45, 2.75) is 88.9 Å². The van der Waals surface area contributed by atoms with E-state index in [9.17, 15) is 18.8 Å². The first-order valence-electron chi connectivity index (χ1n) is 14.8. The molecule has 0 atom stereocenters. The number of piperazine rings is 1. The summed E-state index contributed by atoms with van der Waals surface area (Å²) in [7, 11) is 0. The average Bonchev–Trinajstić information content (AvgIpc) is 2.93. The van der Waals surface area contributed by atoms with E-state index in [-0.39, 0.29) is 42.2 Å². The van der Waals surface area contributed by atoms with Gasteiger partial charge < -0.3 is 21.3 Å². The molecule has 40 heavy (non-hydrogen) atoms. The lowest BCUT2D eigenvalue weighted by Gasteiger charge is -2.39. The zero-order chi connectivity index (χ0) is 28.9. The standard InChI is InChI=1S/C28H47FN8O3/c1-28(2,31)25(38)34-15-17-35(18-16-34)26(39)32-24-11-13-37(27(40)33-24)23-7-3-20(4-8-23)19-36(14-12-29)22-9-5-21(30)6-10-22/h11,13,20-23H,3-10,12,14-19,30-31H2,1-2H3,(H,32,33,39,40). The summed E-state index contributed by atoms with van der Waals surface area (Å²) in [5, 5.41) is 2.72. The molecule has 0 spiro atoms. The maximum atomic E-state index is 13.3. The third kappa shape index (κ3) is 7.79. The number of hydrogen-bond donors (Lipinski definition) is 3. The van der Waals surface area contributed by atoms with Crippen molar-refractivity contribution in [2.75, 3.05) is 51.3 Å². The molecule has 3 amide bonds. The highest BCUT2D eigenvalue weighted by Crippen LogP contribution is 2.33. The van der Waals surface area contributed by atoms with E-state index in [0.29, 0.717) is 44.7 Å². The minimum atomic E-state index is -0.947. The fraction of sp³-hybridized carbons (Fsp3) is 0.786. The summed E-state index contributed by atoms with van der Waals surface area (Å²) in [6, 6.07) is 2.09. The molecule has 224 valence electrons. The number of carbonyl (C=O) groups excluding carboxylic acids is 2. The van der Waals surface area contributed by atoms with E-state index in [4.69, 9.17) is 11.5 Å². The van der Waals surface area contributed by atoms with Crippen LogP contribution in [-0.4, -0.2) is 99.8 Å². The molecule has 5 N–H and O–H groups in total. The Bertz CT molecular complexity index is 1050. The second kappa shape index (κ2) is 13.4. The number of carbonyl (C=O) groups is 2. The fourth-order valence-electron chi connectivity index (χ4n) is 6.40. The van der Waals surface area contributed by atoms with Gasteiger partial charge in [-0.2, -0.15) is 4.98 Å². The van der Waals surface area contributed by atoms with Gasteiger partial charge >= 0.3 is 11.7 Å². The molecular formula is C28H47FN8O3. The smallest absolute Gasteiger partial charge is 0.338 e. The van der Waals surface area contributed by atoms with Gasteiger partial charge in [0, 0.05) is 63.6 Å². The molecule has 1 aromatic heterocycles. The Morgan fingerprint density at radius 3 is 2.25 bits per heavy atom. The lowest BCUT2D eigenvalue weighted by Crippen LogP contribution is -2.58. The number of nitrogens with zero attached hydrogens (tertiary/aromatic N) is 5. The van der Waals surface area contributed by atoms with Crippen LogP contribution < -0.4 is 22.5 Å². The number of urea groups is 1. The molecule has 1 saturated heterocycles. The Hall–Kier alpha value is -2.57. The summed E-state index contributed by atoms with van der Waals surface area (Å²) in [5.41, 5.74) is 10.7. The summed E-state index contributed by atoms with van der Waals surface area (Å²) < 4.78 is 15.0.